The van der Waals surface area contributed by atoms with Crippen molar-refractivity contribution in [1.82, 2.24) is 19.4 Å². The Morgan fingerprint density at radius 1 is 1.35 bits per heavy atom. The Kier molecular flexibility index (Phi) is 7.69. The quantitative estimate of drug-likeness (QED) is 0.217. The van der Waals surface area contributed by atoms with Gasteiger partial charge in [-0.25, -0.2) is 4.39 Å². The summed E-state index contributed by atoms with van der Waals surface area (Å²) in [4.78, 5) is 17.5. The molecule has 0 saturated heterocycles. The lowest BCUT2D eigenvalue weighted by Gasteiger charge is -2.20. The van der Waals surface area contributed by atoms with E-state index in [1.807, 2.05) is 0 Å². The average Bonchev–Trinajstić information content (AvgIpc) is 2.84. The Balaban J connectivity index is 2.03. The molecule has 0 bridgehead atoms. The van der Waals surface area contributed by atoms with Gasteiger partial charge in [0.05, 0.1) is 29.7 Å². The molecule has 0 spiro atoms. The molecule has 0 amide bonds. The zero-order valence-electron chi connectivity index (χ0n) is 19.1. The Morgan fingerprint density at radius 2 is 2.12 bits per heavy atom. The number of allylic oxidation sites excluding steroid dienone is 1. The topological polar surface area (TPSA) is 142 Å². The molecule has 34 heavy (non-hydrogen) atoms. The molecule has 3 rings (SSSR count). The minimum atomic E-state index is -0.855. The second kappa shape index (κ2) is 10.7. The minimum Gasteiger partial charge on any atom is -0.490 e. The van der Waals surface area contributed by atoms with Gasteiger partial charge in [-0.15, -0.1) is 0 Å². The van der Waals surface area contributed by atoms with E-state index in [9.17, 15) is 9.18 Å². The van der Waals surface area contributed by atoms with Crippen molar-refractivity contribution < 1.29 is 13.9 Å². The number of nitrogens with zero attached hydrogens (tertiary/aromatic N) is 3. The zero-order valence-corrected chi connectivity index (χ0v) is 19.1. The zero-order chi connectivity index (χ0) is 24.8. The van der Waals surface area contributed by atoms with Crippen molar-refractivity contribution in [1.29, 1.82) is 16.2 Å². The molecule has 0 aromatic carbocycles. The van der Waals surface area contributed by atoms with Crippen molar-refractivity contribution in [3.8, 4) is 5.75 Å². The van der Waals surface area contributed by atoms with Crippen LogP contribution in [0.5, 0.6) is 5.75 Å². The number of hydrogen-bond acceptors (Lipinski definition) is 8. The van der Waals surface area contributed by atoms with Gasteiger partial charge in [0.15, 0.2) is 11.3 Å². The van der Waals surface area contributed by atoms with Crippen LogP contribution in [0.1, 0.15) is 18.5 Å². The molecule has 3 heterocycles. The van der Waals surface area contributed by atoms with Gasteiger partial charge in [0.1, 0.15) is 18.2 Å². The highest BCUT2D eigenvalue weighted by atomic mass is 19.1. The van der Waals surface area contributed by atoms with Crippen molar-refractivity contribution in [3.63, 3.8) is 0 Å². The molecule has 0 aliphatic heterocycles. The predicted octanol–water partition coefficient (Wildman–Crippen LogP) is 2.14. The molecule has 0 saturated carbocycles. The van der Waals surface area contributed by atoms with E-state index in [1.165, 1.54) is 29.4 Å². The van der Waals surface area contributed by atoms with Crippen molar-refractivity contribution in [2.24, 2.45) is 0 Å². The van der Waals surface area contributed by atoms with Crippen molar-refractivity contribution in [2.45, 2.75) is 13.0 Å². The van der Waals surface area contributed by atoms with Gasteiger partial charge in [-0.3, -0.25) is 25.2 Å². The van der Waals surface area contributed by atoms with Gasteiger partial charge in [-0.1, -0.05) is 0 Å². The van der Waals surface area contributed by atoms with Gasteiger partial charge in [0, 0.05) is 50.1 Å². The van der Waals surface area contributed by atoms with E-state index in [-0.39, 0.29) is 5.84 Å². The Hall–Kier alpha value is -4.12. The van der Waals surface area contributed by atoms with E-state index in [2.05, 4.69) is 10.3 Å². The summed E-state index contributed by atoms with van der Waals surface area (Å²) < 4.78 is 27.4. The molecule has 11 heteroatoms. The number of rotatable bonds is 9. The van der Waals surface area contributed by atoms with Crippen molar-refractivity contribution >= 4 is 28.5 Å². The lowest BCUT2D eigenvalue weighted by atomic mass is 10.1. The Bertz CT molecular complexity index is 1380. The van der Waals surface area contributed by atoms with E-state index in [0.717, 1.165) is 16.8 Å². The third kappa shape index (κ3) is 4.94. The maximum absolute atomic E-state index is 14.5. The van der Waals surface area contributed by atoms with E-state index >= 15 is 0 Å². The maximum Gasteiger partial charge on any atom is 0.260 e. The molecule has 178 valence electrons. The summed E-state index contributed by atoms with van der Waals surface area (Å²) in [6.07, 6.45) is 6.98. The average molecular weight is 468 g/mol. The molecule has 0 fully saturated rings. The molecule has 3 aromatic rings. The molecule has 0 radical (unpaired) electrons. The number of hydrogen-bond donors (Lipinski definition) is 4. The van der Waals surface area contributed by atoms with Crippen LogP contribution < -0.4 is 21.1 Å². The van der Waals surface area contributed by atoms with Gasteiger partial charge < -0.3 is 24.8 Å². The van der Waals surface area contributed by atoms with Gasteiger partial charge in [-0.2, -0.15) is 0 Å². The number of fused-ring (bicyclic) bond motifs is 1. The molecule has 10 nitrogen and oxygen atoms in total. The van der Waals surface area contributed by atoms with Crippen LogP contribution >= 0.6 is 0 Å². The van der Waals surface area contributed by atoms with Crippen LogP contribution in [0.4, 0.5) is 4.39 Å². The van der Waals surface area contributed by atoms with Gasteiger partial charge >= 0.3 is 0 Å². The fraction of sp³-hybridized carbons (Fsp3) is 0.261. The summed E-state index contributed by atoms with van der Waals surface area (Å²) in [5.74, 6) is -0.636. The van der Waals surface area contributed by atoms with E-state index in [1.54, 1.807) is 33.2 Å². The van der Waals surface area contributed by atoms with Crippen molar-refractivity contribution in [3.05, 3.63) is 70.2 Å². The normalized spacial score (nSPS) is 12.4. The van der Waals surface area contributed by atoms with Gasteiger partial charge in [0.25, 0.3) is 5.56 Å². The number of methoxy groups -OCH3 is 1. The Labute approximate surface area is 194 Å². The molecule has 0 aliphatic carbocycles. The fourth-order valence-electron chi connectivity index (χ4n) is 3.35. The van der Waals surface area contributed by atoms with Crippen LogP contribution in [0, 0.1) is 22.0 Å². The minimum absolute atomic E-state index is 0.193. The second-order valence-corrected chi connectivity index (χ2v) is 7.36. The van der Waals surface area contributed by atoms with Crippen molar-refractivity contribution in [2.75, 3.05) is 27.4 Å². The third-order valence-corrected chi connectivity index (χ3v) is 5.19. The number of ether oxygens (including phenoxy) is 2. The number of pyridine rings is 3. The third-order valence-electron chi connectivity index (χ3n) is 5.19. The summed E-state index contributed by atoms with van der Waals surface area (Å²) >= 11 is 0. The number of halogens is 1. The van der Waals surface area contributed by atoms with E-state index in [4.69, 9.17) is 25.7 Å². The standard InChI is InChI=1S/C23H26FN7O3/c1-14(21(26)31-13-15(8-19(24)22(31)27)16(10-25)11-28-2)30-5-4-20-18(23(30)32)9-17(12-29-20)34-7-6-33-3/h4-5,8-14,25-28H,6-7H2,1-3H3/b16-11+,25-10?,26-21?,27-22?/t14-/m1/s1. The summed E-state index contributed by atoms with van der Waals surface area (Å²) in [7, 11) is 3.20. The monoisotopic (exact) mass is 467 g/mol. The molecule has 0 aliphatic rings. The highest BCUT2D eigenvalue weighted by molar-refractivity contribution is 6.08. The number of aromatic nitrogens is 3. The first-order valence-corrected chi connectivity index (χ1v) is 10.4. The highest BCUT2D eigenvalue weighted by Gasteiger charge is 2.19. The predicted molar refractivity (Wildman–Crippen MR) is 127 cm³/mol. The smallest absolute Gasteiger partial charge is 0.260 e. The summed E-state index contributed by atoms with van der Waals surface area (Å²) in [6.45, 7) is 2.30. The lowest BCUT2D eigenvalue weighted by Crippen LogP contribution is -2.37. The van der Waals surface area contributed by atoms with Crippen LogP contribution in [0.25, 0.3) is 16.5 Å². The summed E-state index contributed by atoms with van der Waals surface area (Å²) in [5, 5.41) is 27.4. The summed E-state index contributed by atoms with van der Waals surface area (Å²) in [5.41, 5.74) is 0.208. The maximum atomic E-state index is 14.5. The number of nitrogens with one attached hydrogen (secondary N) is 4. The van der Waals surface area contributed by atoms with Gasteiger partial charge in [-0.05, 0) is 25.1 Å². The van der Waals surface area contributed by atoms with Crippen LogP contribution in [-0.2, 0) is 4.74 Å². The molecule has 3 aromatic heterocycles. The van der Waals surface area contributed by atoms with E-state index in [0.29, 0.717) is 41.0 Å². The largest absolute Gasteiger partial charge is 0.490 e. The molecular weight excluding hydrogens is 441 g/mol. The highest BCUT2D eigenvalue weighted by Crippen LogP contribution is 2.18. The Morgan fingerprint density at radius 3 is 2.79 bits per heavy atom. The van der Waals surface area contributed by atoms with Crippen LogP contribution in [0.15, 0.2) is 47.8 Å². The van der Waals surface area contributed by atoms with Gasteiger partial charge in [0.2, 0.25) is 0 Å². The summed E-state index contributed by atoms with van der Waals surface area (Å²) in [6, 6.07) is 3.51. The fourth-order valence-corrected chi connectivity index (χ4v) is 3.35. The first-order valence-electron chi connectivity index (χ1n) is 10.4. The first-order chi connectivity index (χ1) is 16.3. The lowest BCUT2D eigenvalue weighted by molar-refractivity contribution is 0.146. The molecule has 1 atom stereocenters. The first kappa shape index (κ1) is 24.5. The second-order valence-electron chi connectivity index (χ2n) is 7.36. The van der Waals surface area contributed by atoms with Crippen LogP contribution in [-0.4, -0.2) is 53.5 Å². The van der Waals surface area contributed by atoms with Crippen LogP contribution in [0.2, 0.25) is 0 Å². The van der Waals surface area contributed by atoms with E-state index < -0.39 is 22.9 Å². The van der Waals surface area contributed by atoms with Crippen LogP contribution in [0.3, 0.4) is 0 Å². The SMILES string of the molecule is CN/C=C(\C=N)c1cc(F)c(=N)n(C(=N)[C@@H](C)n2ccc3ncc(OCCOC)cc3c2=O)c1. The molecule has 4 N–H and O–H groups in total. The molecule has 0 unspecified atom stereocenters. The molecular formula is C23H26FN7O3.